The second-order valence-electron chi connectivity index (χ2n) is 2.91. The van der Waals surface area contributed by atoms with Crippen LogP contribution < -0.4 is 0 Å². The van der Waals surface area contributed by atoms with Crippen molar-refractivity contribution in [2.75, 3.05) is 0 Å². The predicted molar refractivity (Wildman–Crippen MR) is 57.5 cm³/mol. The third-order valence-electron chi connectivity index (χ3n) is 1.84. The first-order valence-corrected chi connectivity index (χ1v) is 5.01. The minimum atomic E-state index is -0.731. The molecule has 0 spiro atoms. The summed E-state index contributed by atoms with van der Waals surface area (Å²) in [4.78, 5) is 20.8. The Bertz CT molecular complexity index is 417. The second-order valence-corrected chi connectivity index (χ2v) is 4.28. The largest absolute Gasteiger partial charge is 0.502 e. The van der Waals surface area contributed by atoms with E-state index in [4.69, 9.17) is 0 Å². The molecular formula is C9H8BrNO4. The van der Waals surface area contributed by atoms with Crippen molar-refractivity contribution < 1.29 is 14.8 Å². The van der Waals surface area contributed by atoms with Gasteiger partial charge in [-0.15, -0.1) is 0 Å². The smallest absolute Gasteiger partial charge is 0.311 e. The Morgan fingerprint density at radius 3 is 2.67 bits per heavy atom. The number of phenols is 1. The molecule has 1 aromatic rings. The van der Waals surface area contributed by atoms with Crippen LogP contribution in [0.25, 0.3) is 0 Å². The van der Waals surface area contributed by atoms with Gasteiger partial charge in [-0.1, -0.05) is 22.0 Å². The predicted octanol–water partition coefficient (Wildman–Crippen LogP) is 2.27. The second kappa shape index (κ2) is 4.39. The zero-order valence-electron chi connectivity index (χ0n) is 7.81. The van der Waals surface area contributed by atoms with Crippen molar-refractivity contribution in [1.29, 1.82) is 0 Å². The van der Waals surface area contributed by atoms with Crippen LogP contribution in [0, 0.1) is 10.1 Å². The van der Waals surface area contributed by atoms with E-state index in [1.807, 2.05) is 0 Å². The molecule has 1 atom stereocenters. The van der Waals surface area contributed by atoms with E-state index in [0.29, 0.717) is 0 Å². The van der Waals surface area contributed by atoms with E-state index in [2.05, 4.69) is 15.9 Å². The summed E-state index contributed by atoms with van der Waals surface area (Å²) in [6, 6.07) is 3.86. The van der Waals surface area contributed by atoms with Crippen molar-refractivity contribution in [2.24, 2.45) is 0 Å². The molecule has 0 aliphatic rings. The molecule has 0 aliphatic heterocycles. The SMILES string of the molecule is CC(Br)C(=O)c1cccc([N+](=O)[O-])c1O. The maximum atomic E-state index is 11.5. The molecule has 6 heteroatoms. The highest BCUT2D eigenvalue weighted by Crippen LogP contribution is 2.30. The molecule has 1 N–H and O–H groups in total. The Morgan fingerprint density at radius 2 is 2.20 bits per heavy atom. The lowest BCUT2D eigenvalue weighted by molar-refractivity contribution is -0.385. The molecule has 1 unspecified atom stereocenters. The van der Waals surface area contributed by atoms with E-state index in [9.17, 15) is 20.0 Å². The van der Waals surface area contributed by atoms with Gasteiger partial charge in [-0.2, -0.15) is 0 Å². The number of halogens is 1. The molecule has 0 saturated heterocycles. The number of alkyl halides is 1. The lowest BCUT2D eigenvalue weighted by Crippen LogP contribution is -2.10. The highest BCUT2D eigenvalue weighted by atomic mass is 79.9. The molecule has 1 rings (SSSR count). The Balaban J connectivity index is 3.27. The van der Waals surface area contributed by atoms with E-state index in [1.54, 1.807) is 6.92 Å². The molecular weight excluding hydrogens is 266 g/mol. The van der Waals surface area contributed by atoms with Crippen LogP contribution in [0.5, 0.6) is 5.75 Å². The number of para-hydroxylation sites is 1. The van der Waals surface area contributed by atoms with Crippen molar-refractivity contribution >= 4 is 27.4 Å². The summed E-state index contributed by atoms with van der Waals surface area (Å²) < 4.78 is 0. The molecule has 80 valence electrons. The van der Waals surface area contributed by atoms with Crippen LogP contribution in [0.3, 0.4) is 0 Å². The fraction of sp³-hybridized carbons (Fsp3) is 0.222. The van der Waals surface area contributed by atoms with Crippen LogP contribution in [-0.4, -0.2) is 20.6 Å². The number of aromatic hydroxyl groups is 1. The third kappa shape index (κ3) is 2.33. The fourth-order valence-corrected chi connectivity index (χ4v) is 1.34. The Labute approximate surface area is 94.0 Å². The fourth-order valence-electron chi connectivity index (χ4n) is 1.09. The zero-order chi connectivity index (χ0) is 11.6. The van der Waals surface area contributed by atoms with Crippen LogP contribution >= 0.6 is 15.9 Å². The summed E-state index contributed by atoms with van der Waals surface area (Å²) in [5.41, 5.74) is -0.512. The van der Waals surface area contributed by atoms with Gasteiger partial charge in [0.2, 0.25) is 5.75 Å². The number of nitro benzene ring substituents is 1. The number of nitro groups is 1. The number of rotatable bonds is 3. The van der Waals surface area contributed by atoms with Gasteiger partial charge in [0, 0.05) is 6.07 Å². The van der Waals surface area contributed by atoms with Crippen molar-refractivity contribution in [1.82, 2.24) is 0 Å². The quantitative estimate of drug-likeness (QED) is 0.397. The highest BCUT2D eigenvalue weighted by molar-refractivity contribution is 9.10. The molecule has 0 amide bonds. The molecule has 0 bridgehead atoms. The lowest BCUT2D eigenvalue weighted by Gasteiger charge is -2.05. The van der Waals surface area contributed by atoms with E-state index in [1.165, 1.54) is 12.1 Å². The minimum absolute atomic E-state index is 0.0476. The molecule has 5 nitrogen and oxygen atoms in total. The van der Waals surface area contributed by atoms with Gasteiger partial charge < -0.3 is 5.11 Å². The normalized spacial score (nSPS) is 12.1. The van der Waals surface area contributed by atoms with Crippen molar-refractivity contribution in [3.05, 3.63) is 33.9 Å². The van der Waals surface area contributed by atoms with Crippen LogP contribution in [0.4, 0.5) is 5.69 Å². The van der Waals surface area contributed by atoms with Crippen LogP contribution in [-0.2, 0) is 0 Å². The molecule has 0 radical (unpaired) electrons. The maximum Gasteiger partial charge on any atom is 0.311 e. The number of carbonyl (C=O) groups excluding carboxylic acids is 1. The van der Waals surface area contributed by atoms with Gasteiger partial charge in [0.05, 0.1) is 15.3 Å². The number of nitrogens with zero attached hydrogens (tertiary/aromatic N) is 1. The number of hydrogen-bond donors (Lipinski definition) is 1. The average Bonchev–Trinajstić information content (AvgIpc) is 2.16. The molecule has 15 heavy (non-hydrogen) atoms. The van der Waals surface area contributed by atoms with Gasteiger partial charge in [0.25, 0.3) is 0 Å². The maximum absolute atomic E-state index is 11.5. The summed E-state index contributed by atoms with van der Waals surface area (Å²) in [6.07, 6.45) is 0. The molecule has 0 fully saturated rings. The summed E-state index contributed by atoms with van der Waals surface area (Å²) in [6.45, 7) is 1.58. The molecule has 0 aliphatic carbocycles. The number of phenolic OH excluding ortho intramolecular Hbond substituents is 1. The number of ketones is 1. The first kappa shape index (κ1) is 11.6. The van der Waals surface area contributed by atoms with Gasteiger partial charge in [-0.3, -0.25) is 14.9 Å². The first-order valence-electron chi connectivity index (χ1n) is 4.09. The Hall–Kier alpha value is -1.43. The summed E-state index contributed by atoms with van der Waals surface area (Å²) >= 11 is 3.04. The van der Waals surface area contributed by atoms with E-state index in [-0.39, 0.29) is 5.56 Å². The topological polar surface area (TPSA) is 80.4 Å². The molecule has 0 saturated carbocycles. The number of Topliss-reactive ketones (excluding diaryl/α,β-unsaturated/α-hetero) is 1. The summed E-state index contributed by atoms with van der Waals surface area (Å²) in [5, 5.41) is 20.0. The van der Waals surface area contributed by atoms with Crippen LogP contribution in [0.15, 0.2) is 18.2 Å². The van der Waals surface area contributed by atoms with E-state index < -0.39 is 27.0 Å². The molecule has 0 aromatic heterocycles. The molecule has 1 aromatic carbocycles. The van der Waals surface area contributed by atoms with Gasteiger partial charge in [-0.25, -0.2) is 0 Å². The van der Waals surface area contributed by atoms with E-state index >= 15 is 0 Å². The monoisotopic (exact) mass is 273 g/mol. The van der Waals surface area contributed by atoms with Gasteiger partial charge in [0.1, 0.15) is 0 Å². The van der Waals surface area contributed by atoms with Gasteiger partial charge >= 0.3 is 5.69 Å². The third-order valence-corrected chi connectivity index (χ3v) is 2.25. The van der Waals surface area contributed by atoms with Crippen molar-refractivity contribution in [3.63, 3.8) is 0 Å². The van der Waals surface area contributed by atoms with E-state index in [0.717, 1.165) is 6.07 Å². The van der Waals surface area contributed by atoms with Crippen molar-refractivity contribution in [2.45, 2.75) is 11.8 Å². The number of benzene rings is 1. The Kier molecular flexibility index (Phi) is 3.41. The van der Waals surface area contributed by atoms with Gasteiger partial charge in [0.15, 0.2) is 5.78 Å². The minimum Gasteiger partial charge on any atom is -0.502 e. The zero-order valence-corrected chi connectivity index (χ0v) is 9.39. The first-order chi connectivity index (χ1) is 6.95. The van der Waals surface area contributed by atoms with Crippen molar-refractivity contribution in [3.8, 4) is 5.75 Å². The summed E-state index contributed by atoms with van der Waals surface area (Å²) in [5.74, 6) is -0.977. The highest BCUT2D eigenvalue weighted by Gasteiger charge is 2.22. The Morgan fingerprint density at radius 1 is 1.60 bits per heavy atom. The summed E-state index contributed by atoms with van der Waals surface area (Å²) in [7, 11) is 0. The van der Waals surface area contributed by atoms with Gasteiger partial charge in [-0.05, 0) is 13.0 Å². The molecule has 0 heterocycles. The average molecular weight is 274 g/mol. The lowest BCUT2D eigenvalue weighted by atomic mass is 10.1. The van der Waals surface area contributed by atoms with Crippen LogP contribution in [0.2, 0.25) is 0 Å². The standard InChI is InChI=1S/C9H8BrNO4/c1-5(10)8(12)6-3-2-4-7(9(6)13)11(14)15/h2-5,13H,1H3. The number of hydrogen-bond acceptors (Lipinski definition) is 4. The van der Waals surface area contributed by atoms with Crippen LogP contribution in [0.1, 0.15) is 17.3 Å². The number of carbonyl (C=O) groups is 1.